The van der Waals surface area contributed by atoms with Crippen LogP contribution in [0, 0.1) is 0 Å². The molecule has 0 saturated heterocycles. The fraction of sp³-hybridized carbons (Fsp3) is 0.348. The number of fused-ring (bicyclic) bond motifs is 1. The molecule has 0 spiro atoms. The van der Waals surface area contributed by atoms with Crippen LogP contribution in [0.25, 0.3) is 10.9 Å². The Kier molecular flexibility index (Phi) is 5.63. The highest BCUT2D eigenvalue weighted by Crippen LogP contribution is 2.38. The van der Waals surface area contributed by atoms with E-state index in [9.17, 15) is 5.11 Å². The minimum Gasteiger partial charge on any atom is -0.507 e. The first-order valence-electron chi connectivity index (χ1n) is 9.91. The third kappa shape index (κ3) is 4.17. The third-order valence-corrected chi connectivity index (χ3v) is 6.23. The van der Waals surface area contributed by atoms with Gasteiger partial charge in [0.1, 0.15) is 11.5 Å². The second-order valence-electron chi connectivity index (χ2n) is 7.83. The second-order valence-corrected chi connectivity index (χ2v) is 8.26. The number of halogens is 1. The highest BCUT2D eigenvalue weighted by Gasteiger charge is 2.34. The van der Waals surface area contributed by atoms with Crippen LogP contribution in [0.1, 0.15) is 36.8 Å². The molecule has 1 aliphatic carbocycles. The largest absolute Gasteiger partial charge is 0.507 e. The number of ether oxygens (including phenoxy) is 1. The number of aromatic hydroxyl groups is 1. The van der Waals surface area contributed by atoms with Crippen LogP contribution < -0.4 is 15.8 Å². The minimum absolute atomic E-state index is 0.253. The molecule has 29 heavy (non-hydrogen) atoms. The van der Waals surface area contributed by atoms with Crippen molar-refractivity contribution < 1.29 is 9.84 Å². The van der Waals surface area contributed by atoms with Crippen LogP contribution >= 0.6 is 11.6 Å². The summed E-state index contributed by atoms with van der Waals surface area (Å²) in [4.78, 5) is 4.44. The van der Waals surface area contributed by atoms with Crippen molar-refractivity contribution in [2.24, 2.45) is 5.73 Å². The average Bonchev–Trinajstić information content (AvgIpc) is 2.73. The van der Waals surface area contributed by atoms with Gasteiger partial charge in [-0.3, -0.25) is 4.98 Å². The summed E-state index contributed by atoms with van der Waals surface area (Å²) in [5.41, 5.74) is 9.40. The Balaban J connectivity index is 1.43. The SMILES string of the molecule is COc1ccc(CNC2CCC(N)(c3ccnc4cc(Cl)ccc34)CC2)c(O)c1. The lowest BCUT2D eigenvalue weighted by Crippen LogP contribution is -2.45. The number of benzene rings is 2. The Labute approximate surface area is 175 Å². The number of hydrogen-bond acceptors (Lipinski definition) is 5. The fourth-order valence-corrected chi connectivity index (χ4v) is 4.40. The van der Waals surface area contributed by atoms with Gasteiger partial charge in [-0.2, -0.15) is 0 Å². The monoisotopic (exact) mass is 411 g/mol. The number of pyridine rings is 1. The first-order valence-corrected chi connectivity index (χ1v) is 10.3. The molecule has 152 valence electrons. The van der Waals surface area contributed by atoms with E-state index in [1.807, 2.05) is 42.6 Å². The molecule has 0 bridgehead atoms. The van der Waals surface area contributed by atoms with E-state index in [0.29, 0.717) is 23.4 Å². The first-order chi connectivity index (χ1) is 14.0. The zero-order valence-electron chi connectivity index (χ0n) is 16.5. The normalized spacial score (nSPS) is 22.0. The van der Waals surface area contributed by atoms with Gasteiger partial charge < -0.3 is 20.9 Å². The molecule has 4 rings (SSSR count). The lowest BCUT2D eigenvalue weighted by atomic mass is 9.74. The maximum atomic E-state index is 10.1. The van der Waals surface area contributed by atoms with Crippen molar-refractivity contribution in [3.05, 3.63) is 64.8 Å². The van der Waals surface area contributed by atoms with Gasteiger partial charge in [-0.1, -0.05) is 23.7 Å². The lowest BCUT2D eigenvalue weighted by molar-refractivity contribution is 0.252. The van der Waals surface area contributed by atoms with E-state index in [2.05, 4.69) is 10.3 Å². The van der Waals surface area contributed by atoms with E-state index in [-0.39, 0.29) is 11.3 Å². The third-order valence-electron chi connectivity index (χ3n) is 5.99. The maximum Gasteiger partial charge on any atom is 0.123 e. The van der Waals surface area contributed by atoms with Crippen molar-refractivity contribution in [1.29, 1.82) is 0 Å². The number of nitrogens with zero attached hydrogens (tertiary/aromatic N) is 1. The smallest absolute Gasteiger partial charge is 0.123 e. The van der Waals surface area contributed by atoms with E-state index >= 15 is 0 Å². The second kappa shape index (κ2) is 8.19. The summed E-state index contributed by atoms with van der Waals surface area (Å²) in [5.74, 6) is 0.908. The molecule has 5 nitrogen and oxygen atoms in total. The number of hydrogen-bond donors (Lipinski definition) is 3. The van der Waals surface area contributed by atoms with Crippen LogP contribution in [0.5, 0.6) is 11.5 Å². The number of nitrogens with two attached hydrogens (primary N) is 1. The maximum absolute atomic E-state index is 10.1. The van der Waals surface area contributed by atoms with Gasteiger partial charge in [0.05, 0.1) is 12.6 Å². The molecule has 0 radical (unpaired) electrons. The number of rotatable bonds is 5. The molecule has 1 saturated carbocycles. The quantitative estimate of drug-likeness (QED) is 0.576. The van der Waals surface area contributed by atoms with Gasteiger partial charge >= 0.3 is 0 Å². The predicted octanol–water partition coefficient (Wildman–Crippen LogP) is 4.49. The summed E-state index contributed by atoms with van der Waals surface area (Å²) in [6.07, 6.45) is 5.55. The predicted molar refractivity (Wildman–Crippen MR) is 116 cm³/mol. The van der Waals surface area contributed by atoms with Crippen molar-refractivity contribution in [1.82, 2.24) is 10.3 Å². The van der Waals surface area contributed by atoms with Crippen LogP contribution in [-0.2, 0) is 12.1 Å². The van der Waals surface area contributed by atoms with Crippen molar-refractivity contribution in [3.63, 3.8) is 0 Å². The highest BCUT2D eigenvalue weighted by molar-refractivity contribution is 6.31. The van der Waals surface area contributed by atoms with E-state index in [0.717, 1.165) is 47.7 Å². The van der Waals surface area contributed by atoms with E-state index in [1.165, 1.54) is 0 Å². The Morgan fingerprint density at radius 3 is 2.72 bits per heavy atom. The summed E-state index contributed by atoms with van der Waals surface area (Å²) in [6.45, 7) is 0.620. The number of nitrogens with one attached hydrogen (secondary N) is 1. The topological polar surface area (TPSA) is 80.4 Å². The van der Waals surface area contributed by atoms with Gasteiger partial charge in [0.15, 0.2) is 0 Å². The van der Waals surface area contributed by atoms with Crippen LogP contribution in [0.2, 0.25) is 5.02 Å². The molecule has 4 N–H and O–H groups in total. The molecule has 0 aliphatic heterocycles. The summed E-state index contributed by atoms with van der Waals surface area (Å²) in [7, 11) is 1.59. The molecule has 2 aromatic carbocycles. The molecule has 3 aromatic rings. The minimum atomic E-state index is -0.366. The number of aromatic nitrogens is 1. The highest BCUT2D eigenvalue weighted by atomic mass is 35.5. The van der Waals surface area contributed by atoms with Gasteiger partial charge in [-0.05, 0) is 55.5 Å². The molecule has 0 unspecified atom stereocenters. The Morgan fingerprint density at radius 1 is 1.21 bits per heavy atom. The molecular weight excluding hydrogens is 386 g/mol. The molecule has 0 atom stereocenters. The first kappa shape index (κ1) is 20.0. The van der Waals surface area contributed by atoms with E-state index in [1.54, 1.807) is 13.2 Å². The molecule has 1 heterocycles. The van der Waals surface area contributed by atoms with Crippen LogP contribution in [0.15, 0.2) is 48.7 Å². The Hall–Kier alpha value is -2.34. The summed E-state index contributed by atoms with van der Waals surface area (Å²) in [5, 5.41) is 15.5. The Bertz CT molecular complexity index is 1020. The van der Waals surface area contributed by atoms with Gasteiger partial charge in [0.2, 0.25) is 0 Å². The van der Waals surface area contributed by atoms with Crippen molar-refractivity contribution in [2.45, 2.75) is 43.8 Å². The molecule has 1 fully saturated rings. The van der Waals surface area contributed by atoms with Gasteiger partial charge in [0, 0.05) is 46.4 Å². The molecular formula is C23H26ClN3O2. The van der Waals surface area contributed by atoms with Crippen molar-refractivity contribution in [2.75, 3.05) is 7.11 Å². The lowest BCUT2D eigenvalue weighted by Gasteiger charge is -2.38. The van der Waals surface area contributed by atoms with Crippen molar-refractivity contribution >= 4 is 22.5 Å². The zero-order valence-corrected chi connectivity index (χ0v) is 17.2. The van der Waals surface area contributed by atoms with E-state index in [4.69, 9.17) is 22.1 Å². The van der Waals surface area contributed by atoms with Crippen LogP contribution in [-0.4, -0.2) is 23.2 Å². The van der Waals surface area contributed by atoms with Gasteiger partial charge in [0.25, 0.3) is 0 Å². The van der Waals surface area contributed by atoms with E-state index < -0.39 is 0 Å². The Morgan fingerprint density at radius 2 is 2.00 bits per heavy atom. The summed E-state index contributed by atoms with van der Waals surface area (Å²) < 4.78 is 5.14. The summed E-state index contributed by atoms with van der Waals surface area (Å²) >= 11 is 6.12. The zero-order chi connectivity index (χ0) is 20.4. The molecule has 6 heteroatoms. The number of phenols is 1. The molecule has 0 amide bonds. The number of phenolic OH excluding ortho intramolecular Hbond substituents is 1. The van der Waals surface area contributed by atoms with Gasteiger partial charge in [-0.25, -0.2) is 0 Å². The number of methoxy groups -OCH3 is 1. The molecule has 1 aromatic heterocycles. The average molecular weight is 412 g/mol. The fourth-order valence-electron chi connectivity index (χ4n) is 4.24. The van der Waals surface area contributed by atoms with Crippen LogP contribution in [0.4, 0.5) is 0 Å². The molecule has 1 aliphatic rings. The van der Waals surface area contributed by atoms with Crippen LogP contribution in [0.3, 0.4) is 0 Å². The van der Waals surface area contributed by atoms with Crippen molar-refractivity contribution in [3.8, 4) is 11.5 Å². The van der Waals surface area contributed by atoms with Gasteiger partial charge in [-0.15, -0.1) is 0 Å². The summed E-state index contributed by atoms with van der Waals surface area (Å²) in [6, 6.07) is 13.6. The standard InChI is InChI=1S/C23H26ClN3O2/c1-29-18-4-2-15(22(28)13-18)14-27-17-6-9-23(25,10-7-17)20-8-11-26-21-12-16(24)3-5-19(20)21/h2-5,8,11-13,17,27-28H,6-7,9-10,14,25H2,1H3.